The first-order valence-electron chi connectivity index (χ1n) is 4.61. The Morgan fingerprint density at radius 1 is 1.40 bits per heavy atom. The van der Waals surface area contributed by atoms with Crippen molar-refractivity contribution in [2.45, 2.75) is 6.61 Å². The van der Waals surface area contributed by atoms with Crippen LogP contribution >= 0.6 is 0 Å². The van der Waals surface area contributed by atoms with Crippen molar-refractivity contribution in [2.75, 3.05) is 12.8 Å². The molecule has 0 saturated carbocycles. The number of aromatic amines is 1. The third-order valence-corrected chi connectivity index (χ3v) is 2.21. The molecule has 0 unspecified atom stereocenters. The first-order chi connectivity index (χ1) is 7.20. The van der Waals surface area contributed by atoms with Gasteiger partial charge in [-0.05, 0) is 18.2 Å². The molecule has 0 saturated heterocycles. The van der Waals surface area contributed by atoms with Crippen LogP contribution in [-0.2, 0) is 11.3 Å². The van der Waals surface area contributed by atoms with Crippen molar-refractivity contribution in [1.29, 1.82) is 0 Å². The zero-order valence-corrected chi connectivity index (χ0v) is 8.41. The molecule has 1 heterocycles. The second-order valence-corrected chi connectivity index (χ2v) is 3.40. The quantitative estimate of drug-likeness (QED) is 0.723. The maximum absolute atomic E-state index is 11.7. The van der Waals surface area contributed by atoms with Crippen LogP contribution in [0.4, 0.5) is 5.69 Å². The molecule has 1 aromatic heterocycles. The number of aromatic nitrogens is 1. The zero-order chi connectivity index (χ0) is 10.8. The van der Waals surface area contributed by atoms with Gasteiger partial charge in [0.25, 0.3) is 0 Å². The number of H-pyrrole nitrogens is 1. The number of nitrogen functional groups attached to an aromatic ring is 1. The van der Waals surface area contributed by atoms with Crippen molar-refractivity contribution in [2.24, 2.45) is 0 Å². The number of methoxy groups -OCH3 is 1. The van der Waals surface area contributed by atoms with E-state index >= 15 is 0 Å². The summed E-state index contributed by atoms with van der Waals surface area (Å²) < 4.78 is 4.96. The molecule has 0 atom stereocenters. The van der Waals surface area contributed by atoms with E-state index in [9.17, 15) is 4.79 Å². The normalized spacial score (nSPS) is 10.7. The van der Waals surface area contributed by atoms with Crippen molar-refractivity contribution in [1.82, 2.24) is 4.98 Å². The Kier molecular flexibility index (Phi) is 2.43. The molecule has 0 aliphatic heterocycles. The standard InChI is InChI=1S/C11H12N2O2/c1-15-6-8-5-11(14)9-4-7(12)2-3-10(9)13-8/h2-5H,6,12H2,1H3,(H,13,14). The van der Waals surface area contributed by atoms with Crippen LogP contribution in [0.2, 0.25) is 0 Å². The lowest BCUT2D eigenvalue weighted by Crippen LogP contribution is -2.06. The van der Waals surface area contributed by atoms with Gasteiger partial charge in [-0.15, -0.1) is 0 Å². The first kappa shape index (κ1) is 9.73. The van der Waals surface area contributed by atoms with E-state index in [1.807, 2.05) is 0 Å². The summed E-state index contributed by atoms with van der Waals surface area (Å²) >= 11 is 0. The predicted octanol–water partition coefficient (Wildman–Crippen LogP) is 1.26. The summed E-state index contributed by atoms with van der Waals surface area (Å²) in [6.45, 7) is 0.398. The van der Waals surface area contributed by atoms with Gasteiger partial charge in [0.05, 0.1) is 6.61 Å². The molecule has 15 heavy (non-hydrogen) atoms. The lowest BCUT2D eigenvalue weighted by atomic mass is 10.2. The minimum atomic E-state index is -0.0388. The maximum Gasteiger partial charge on any atom is 0.189 e. The highest BCUT2D eigenvalue weighted by Crippen LogP contribution is 2.12. The van der Waals surface area contributed by atoms with Gasteiger partial charge in [-0.2, -0.15) is 0 Å². The topological polar surface area (TPSA) is 68.1 Å². The monoisotopic (exact) mass is 204 g/mol. The van der Waals surface area contributed by atoms with Gasteiger partial charge in [0.15, 0.2) is 5.43 Å². The summed E-state index contributed by atoms with van der Waals surface area (Å²) in [5, 5.41) is 0.606. The first-order valence-corrected chi connectivity index (χ1v) is 4.61. The van der Waals surface area contributed by atoms with Gasteiger partial charge in [0, 0.05) is 35.5 Å². The molecule has 1 aromatic carbocycles. The summed E-state index contributed by atoms with van der Waals surface area (Å²) in [6, 6.07) is 6.76. The molecule has 0 bridgehead atoms. The molecule has 0 radical (unpaired) electrons. The van der Waals surface area contributed by atoms with Crippen LogP contribution in [0.25, 0.3) is 10.9 Å². The third kappa shape index (κ3) is 1.85. The maximum atomic E-state index is 11.7. The number of ether oxygens (including phenoxy) is 1. The number of benzene rings is 1. The average Bonchev–Trinajstić information content (AvgIpc) is 2.20. The van der Waals surface area contributed by atoms with E-state index in [1.54, 1.807) is 25.3 Å². The molecule has 0 spiro atoms. The van der Waals surface area contributed by atoms with Crippen LogP contribution < -0.4 is 11.2 Å². The lowest BCUT2D eigenvalue weighted by Gasteiger charge is -2.03. The van der Waals surface area contributed by atoms with Crippen LogP contribution in [0.5, 0.6) is 0 Å². The van der Waals surface area contributed by atoms with Crippen LogP contribution in [0.1, 0.15) is 5.69 Å². The van der Waals surface area contributed by atoms with Crippen molar-refractivity contribution >= 4 is 16.6 Å². The molecule has 3 N–H and O–H groups in total. The predicted molar refractivity (Wildman–Crippen MR) is 59.7 cm³/mol. The fourth-order valence-corrected chi connectivity index (χ4v) is 1.55. The van der Waals surface area contributed by atoms with Crippen molar-refractivity contribution < 1.29 is 4.74 Å². The van der Waals surface area contributed by atoms with E-state index < -0.39 is 0 Å². The number of hydrogen-bond donors (Lipinski definition) is 2. The summed E-state index contributed by atoms with van der Waals surface area (Å²) in [7, 11) is 1.59. The molecule has 0 aliphatic rings. The number of nitrogens with two attached hydrogens (primary N) is 1. The van der Waals surface area contributed by atoms with E-state index in [4.69, 9.17) is 10.5 Å². The van der Waals surface area contributed by atoms with Gasteiger partial charge >= 0.3 is 0 Å². The highest BCUT2D eigenvalue weighted by molar-refractivity contribution is 5.81. The number of hydrogen-bond acceptors (Lipinski definition) is 3. The summed E-state index contributed by atoms with van der Waals surface area (Å²) in [6.07, 6.45) is 0. The van der Waals surface area contributed by atoms with Gasteiger partial charge in [-0.3, -0.25) is 4.79 Å². The minimum absolute atomic E-state index is 0.0388. The Hall–Kier alpha value is -1.81. The van der Waals surface area contributed by atoms with Crippen molar-refractivity contribution in [3.05, 3.63) is 40.2 Å². The summed E-state index contributed by atoms with van der Waals surface area (Å²) in [5.41, 5.74) is 7.71. The third-order valence-electron chi connectivity index (χ3n) is 2.21. The van der Waals surface area contributed by atoms with Crippen LogP contribution in [0, 0.1) is 0 Å². The van der Waals surface area contributed by atoms with Gasteiger partial charge in [0.1, 0.15) is 0 Å². The molecule has 2 aromatic rings. The van der Waals surface area contributed by atoms with E-state index in [-0.39, 0.29) is 5.43 Å². The van der Waals surface area contributed by atoms with E-state index in [0.717, 1.165) is 11.2 Å². The summed E-state index contributed by atoms with van der Waals surface area (Å²) in [5.74, 6) is 0. The van der Waals surface area contributed by atoms with Crippen molar-refractivity contribution in [3.8, 4) is 0 Å². The number of rotatable bonds is 2. The van der Waals surface area contributed by atoms with E-state index in [0.29, 0.717) is 17.7 Å². The van der Waals surface area contributed by atoms with Crippen LogP contribution in [-0.4, -0.2) is 12.1 Å². The van der Waals surface area contributed by atoms with Gasteiger partial charge in [0.2, 0.25) is 0 Å². The molecule has 4 nitrogen and oxygen atoms in total. The van der Waals surface area contributed by atoms with Crippen LogP contribution in [0.15, 0.2) is 29.1 Å². The zero-order valence-electron chi connectivity index (χ0n) is 8.41. The van der Waals surface area contributed by atoms with E-state index in [2.05, 4.69) is 4.98 Å². The Labute approximate surface area is 86.7 Å². The molecule has 0 amide bonds. The number of pyridine rings is 1. The fraction of sp³-hybridized carbons (Fsp3) is 0.182. The minimum Gasteiger partial charge on any atom is -0.399 e. The Morgan fingerprint density at radius 3 is 2.93 bits per heavy atom. The highest BCUT2D eigenvalue weighted by atomic mass is 16.5. The van der Waals surface area contributed by atoms with Gasteiger partial charge in [-0.25, -0.2) is 0 Å². The molecular weight excluding hydrogens is 192 g/mol. The number of fused-ring (bicyclic) bond motifs is 1. The molecule has 78 valence electrons. The second kappa shape index (κ2) is 3.74. The summed E-state index contributed by atoms with van der Waals surface area (Å²) in [4.78, 5) is 14.8. The van der Waals surface area contributed by atoms with E-state index in [1.165, 1.54) is 6.07 Å². The smallest absolute Gasteiger partial charge is 0.189 e. The molecular formula is C11H12N2O2. The lowest BCUT2D eigenvalue weighted by molar-refractivity contribution is 0.181. The number of anilines is 1. The molecule has 0 aliphatic carbocycles. The fourth-order valence-electron chi connectivity index (χ4n) is 1.55. The van der Waals surface area contributed by atoms with Crippen LogP contribution in [0.3, 0.4) is 0 Å². The Balaban J connectivity index is 2.67. The van der Waals surface area contributed by atoms with Crippen molar-refractivity contribution in [3.63, 3.8) is 0 Å². The largest absolute Gasteiger partial charge is 0.399 e. The Morgan fingerprint density at radius 2 is 2.20 bits per heavy atom. The number of nitrogens with one attached hydrogen (secondary N) is 1. The Bertz CT molecular complexity index is 546. The molecule has 0 fully saturated rings. The molecule has 4 heteroatoms. The molecule has 2 rings (SSSR count). The van der Waals surface area contributed by atoms with Gasteiger partial charge < -0.3 is 15.5 Å². The SMILES string of the molecule is COCc1cc(=O)c2cc(N)ccc2[nH]1. The second-order valence-electron chi connectivity index (χ2n) is 3.40. The van der Waals surface area contributed by atoms with Gasteiger partial charge in [-0.1, -0.05) is 0 Å². The highest BCUT2D eigenvalue weighted by Gasteiger charge is 2.01. The average molecular weight is 204 g/mol.